The fourth-order valence-electron chi connectivity index (χ4n) is 3.26. The van der Waals surface area contributed by atoms with Crippen LogP contribution in [0.25, 0.3) is 0 Å². The van der Waals surface area contributed by atoms with E-state index in [2.05, 4.69) is 0 Å². The molecule has 1 aliphatic heterocycles. The number of ether oxygens (including phenoxy) is 1. The molecule has 0 aromatic carbocycles. The number of hydrogen-bond donors (Lipinski definition) is 0. The van der Waals surface area contributed by atoms with E-state index in [0.29, 0.717) is 17.6 Å². The van der Waals surface area contributed by atoms with Gasteiger partial charge in [-0.25, -0.2) is 0 Å². The second-order valence-electron chi connectivity index (χ2n) is 4.56. The predicted molar refractivity (Wildman–Crippen MR) is 43.4 cm³/mol. The summed E-state index contributed by atoms with van der Waals surface area (Å²) >= 11 is 0. The zero-order valence-electron chi connectivity index (χ0n) is 7.01. The van der Waals surface area contributed by atoms with E-state index in [1.807, 2.05) is 0 Å². The quantitative estimate of drug-likeness (QED) is 0.486. The molecule has 3 fully saturated rings. The van der Waals surface area contributed by atoms with Crippen molar-refractivity contribution >= 4 is 0 Å². The smallest absolute Gasteiger partial charge is 0.0897 e. The number of rotatable bonds is 0. The van der Waals surface area contributed by atoms with Crippen LogP contribution in [0.2, 0.25) is 0 Å². The molecule has 0 aromatic rings. The summed E-state index contributed by atoms with van der Waals surface area (Å²) in [5, 5.41) is 0. The van der Waals surface area contributed by atoms with Crippen molar-refractivity contribution in [1.82, 2.24) is 0 Å². The molecule has 1 saturated heterocycles. The first-order chi connectivity index (χ1) is 5.41. The molecule has 1 spiro atoms. The van der Waals surface area contributed by atoms with Crippen molar-refractivity contribution in [1.29, 1.82) is 0 Å². The third-order valence-corrected chi connectivity index (χ3v) is 3.96. The summed E-state index contributed by atoms with van der Waals surface area (Å²) < 4.78 is 5.65. The largest absolute Gasteiger partial charge is 0.369 e. The van der Waals surface area contributed by atoms with E-state index in [9.17, 15) is 0 Å². The zero-order chi connectivity index (χ0) is 7.31. The number of hydrogen-bond acceptors (Lipinski definition) is 1. The maximum atomic E-state index is 5.65. The van der Waals surface area contributed by atoms with E-state index < -0.39 is 0 Å². The normalized spacial score (nSPS) is 45.8. The Morgan fingerprint density at radius 3 is 2.36 bits per heavy atom. The average molecular weight is 152 g/mol. The van der Waals surface area contributed by atoms with Gasteiger partial charge in [0, 0.05) is 0 Å². The fourth-order valence-corrected chi connectivity index (χ4v) is 3.26. The first-order valence-corrected chi connectivity index (χ1v) is 5.06. The molecule has 1 nitrogen and oxygen atoms in total. The molecule has 2 unspecified atom stereocenters. The summed E-state index contributed by atoms with van der Waals surface area (Å²) in [4.78, 5) is 0. The minimum atomic E-state index is 0.683. The Morgan fingerprint density at radius 1 is 1.00 bits per heavy atom. The van der Waals surface area contributed by atoms with Crippen molar-refractivity contribution in [2.75, 3.05) is 0 Å². The van der Waals surface area contributed by atoms with Gasteiger partial charge in [-0.15, -0.1) is 0 Å². The van der Waals surface area contributed by atoms with E-state index in [4.69, 9.17) is 4.74 Å². The van der Waals surface area contributed by atoms with E-state index in [0.717, 1.165) is 0 Å². The van der Waals surface area contributed by atoms with Crippen molar-refractivity contribution in [2.45, 2.75) is 57.2 Å². The zero-order valence-corrected chi connectivity index (χ0v) is 7.01. The molecule has 2 atom stereocenters. The topological polar surface area (TPSA) is 12.5 Å². The second kappa shape index (κ2) is 2.01. The van der Waals surface area contributed by atoms with Crippen LogP contribution in [-0.4, -0.2) is 12.2 Å². The summed E-state index contributed by atoms with van der Waals surface area (Å²) in [6.45, 7) is 0. The molecule has 2 aliphatic carbocycles. The molecule has 11 heavy (non-hydrogen) atoms. The van der Waals surface area contributed by atoms with Gasteiger partial charge < -0.3 is 4.74 Å². The van der Waals surface area contributed by atoms with Crippen LogP contribution in [0.4, 0.5) is 0 Å². The summed E-state index contributed by atoms with van der Waals surface area (Å²) in [6.07, 6.45) is 11.6. The molecule has 0 radical (unpaired) electrons. The van der Waals surface area contributed by atoms with Crippen LogP contribution in [0, 0.1) is 5.41 Å². The van der Waals surface area contributed by atoms with Crippen molar-refractivity contribution in [2.24, 2.45) is 5.41 Å². The molecule has 62 valence electrons. The summed E-state index contributed by atoms with van der Waals surface area (Å²) in [5.41, 5.74) is 0.683. The van der Waals surface area contributed by atoms with Gasteiger partial charge in [0.25, 0.3) is 0 Å². The minimum Gasteiger partial charge on any atom is -0.369 e. The second-order valence-corrected chi connectivity index (χ2v) is 4.56. The lowest BCUT2D eigenvalue weighted by Crippen LogP contribution is -2.27. The maximum Gasteiger partial charge on any atom is 0.0897 e. The van der Waals surface area contributed by atoms with E-state index in [1.165, 1.54) is 44.9 Å². The van der Waals surface area contributed by atoms with Crippen LogP contribution in [0.1, 0.15) is 44.9 Å². The lowest BCUT2D eigenvalue weighted by molar-refractivity contribution is 0.111. The van der Waals surface area contributed by atoms with Gasteiger partial charge in [-0.2, -0.15) is 0 Å². The predicted octanol–water partition coefficient (Wildman–Crippen LogP) is 2.50. The molecule has 0 amide bonds. The van der Waals surface area contributed by atoms with Crippen LogP contribution >= 0.6 is 0 Å². The van der Waals surface area contributed by atoms with E-state index >= 15 is 0 Å². The Balaban J connectivity index is 1.81. The fraction of sp³-hybridized carbons (Fsp3) is 1.00. The first-order valence-electron chi connectivity index (χ1n) is 5.06. The summed E-state index contributed by atoms with van der Waals surface area (Å²) in [5.74, 6) is 0. The van der Waals surface area contributed by atoms with Crippen LogP contribution in [0.5, 0.6) is 0 Å². The standard InChI is InChI=1S/C10H16O/c1-2-5-10(6-3-1)7-4-8-9(10)11-8/h8-9H,1-7H2. The molecule has 1 heteroatoms. The van der Waals surface area contributed by atoms with Gasteiger partial charge in [-0.1, -0.05) is 19.3 Å². The Bertz CT molecular complexity index is 170. The third kappa shape index (κ3) is 0.807. The van der Waals surface area contributed by atoms with Crippen molar-refractivity contribution in [3.8, 4) is 0 Å². The van der Waals surface area contributed by atoms with Crippen molar-refractivity contribution in [3.05, 3.63) is 0 Å². The van der Waals surface area contributed by atoms with E-state index in [-0.39, 0.29) is 0 Å². The SMILES string of the molecule is C1CCC2(CC1)CCC1OC12. The van der Waals surface area contributed by atoms with Gasteiger partial charge in [-0.05, 0) is 31.1 Å². The Kier molecular flexibility index (Phi) is 1.18. The molecule has 0 N–H and O–H groups in total. The highest BCUT2D eigenvalue weighted by Crippen LogP contribution is 2.58. The molecule has 0 bridgehead atoms. The minimum absolute atomic E-state index is 0.683. The average Bonchev–Trinajstić information content (AvgIpc) is 2.77. The molecular formula is C10H16O. The summed E-state index contributed by atoms with van der Waals surface area (Å²) in [7, 11) is 0. The molecule has 1 heterocycles. The highest BCUT2D eigenvalue weighted by Gasteiger charge is 2.59. The van der Waals surface area contributed by atoms with Gasteiger partial charge in [0.15, 0.2) is 0 Å². The van der Waals surface area contributed by atoms with E-state index in [1.54, 1.807) is 0 Å². The van der Waals surface area contributed by atoms with Gasteiger partial charge >= 0.3 is 0 Å². The van der Waals surface area contributed by atoms with Gasteiger partial charge in [0.05, 0.1) is 12.2 Å². The molecule has 3 rings (SSSR count). The Hall–Kier alpha value is -0.0400. The van der Waals surface area contributed by atoms with Crippen molar-refractivity contribution in [3.63, 3.8) is 0 Å². The monoisotopic (exact) mass is 152 g/mol. The van der Waals surface area contributed by atoms with Crippen LogP contribution in [0.3, 0.4) is 0 Å². The summed E-state index contributed by atoms with van der Waals surface area (Å²) in [6, 6.07) is 0. The van der Waals surface area contributed by atoms with Gasteiger partial charge in [-0.3, -0.25) is 0 Å². The molecule has 3 aliphatic rings. The van der Waals surface area contributed by atoms with Crippen LogP contribution < -0.4 is 0 Å². The highest BCUT2D eigenvalue weighted by atomic mass is 16.6. The van der Waals surface area contributed by atoms with Crippen LogP contribution in [-0.2, 0) is 4.74 Å². The Morgan fingerprint density at radius 2 is 1.82 bits per heavy atom. The highest BCUT2D eigenvalue weighted by molar-refractivity contribution is 5.07. The number of epoxide rings is 1. The molecule has 0 aromatic heterocycles. The first kappa shape index (κ1) is 6.47. The maximum absolute atomic E-state index is 5.65. The lowest BCUT2D eigenvalue weighted by Gasteiger charge is -2.33. The number of fused-ring (bicyclic) bond motifs is 2. The molecule has 2 saturated carbocycles. The van der Waals surface area contributed by atoms with Gasteiger partial charge in [0.2, 0.25) is 0 Å². The van der Waals surface area contributed by atoms with Crippen molar-refractivity contribution < 1.29 is 4.74 Å². The lowest BCUT2D eigenvalue weighted by atomic mass is 9.72. The molecular weight excluding hydrogens is 136 g/mol. The Labute approximate surface area is 68.1 Å². The third-order valence-electron chi connectivity index (χ3n) is 3.96. The van der Waals surface area contributed by atoms with Gasteiger partial charge in [0.1, 0.15) is 0 Å². The van der Waals surface area contributed by atoms with Crippen LogP contribution in [0.15, 0.2) is 0 Å².